The molecular formula is C25H29NO4. The van der Waals surface area contributed by atoms with Gasteiger partial charge in [-0.25, -0.2) is 4.79 Å². The minimum atomic E-state index is -0.658. The number of allylic oxidation sites excluding steroid dienone is 2. The molecule has 5 heteroatoms. The Kier molecular flexibility index (Phi) is 6.38. The van der Waals surface area contributed by atoms with Crippen LogP contribution in [-0.4, -0.2) is 44.2 Å². The van der Waals surface area contributed by atoms with Gasteiger partial charge in [-0.15, -0.1) is 0 Å². The SMILES string of the molecule is COc1ccc(OC(C(=O)Oc2ccccc2C2=CCCC2)C2CCN(C)C2)cc1. The molecule has 1 aliphatic heterocycles. The fourth-order valence-corrected chi connectivity index (χ4v) is 4.26. The van der Waals surface area contributed by atoms with Gasteiger partial charge >= 0.3 is 5.97 Å². The molecule has 2 aromatic rings. The van der Waals surface area contributed by atoms with E-state index < -0.39 is 6.10 Å². The molecule has 0 amide bonds. The topological polar surface area (TPSA) is 48.0 Å². The fraction of sp³-hybridized carbons (Fsp3) is 0.400. The van der Waals surface area contributed by atoms with Gasteiger partial charge in [0.25, 0.3) is 0 Å². The molecule has 1 fully saturated rings. The Morgan fingerprint density at radius 2 is 1.87 bits per heavy atom. The molecule has 0 saturated carbocycles. The van der Waals surface area contributed by atoms with E-state index in [1.807, 2.05) is 48.5 Å². The van der Waals surface area contributed by atoms with Crippen LogP contribution in [0.3, 0.4) is 0 Å². The number of likely N-dealkylation sites (tertiary alicyclic amines) is 1. The van der Waals surface area contributed by atoms with Crippen molar-refractivity contribution in [1.82, 2.24) is 4.90 Å². The predicted octanol–water partition coefficient (Wildman–Crippen LogP) is 4.57. The summed E-state index contributed by atoms with van der Waals surface area (Å²) in [6.07, 6.45) is 5.73. The molecule has 0 bridgehead atoms. The molecule has 0 radical (unpaired) electrons. The van der Waals surface area contributed by atoms with Crippen molar-refractivity contribution in [2.75, 3.05) is 27.2 Å². The Labute approximate surface area is 178 Å². The Morgan fingerprint density at radius 1 is 1.10 bits per heavy atom. The normalized spacial score (nSPS) is 19.9. The first-order chi connectivity index (χ1) is 14.6. The van der Waals surface area contributed by atoms with E-state index in [-0.39, 0.29) is 11.9 Å². The number of carbonyl (C=O) groups excluding carboxylic acids is 1. The minimum absolute atomic E-state index is 0.0856. The Bertz CT molecular complexity index is 906. The van der Waals surface area contributed by atoms with Crippen molar-refractivity contribution in [3.05, 3.63) is 60.2 Å². The zero-order valence-electron chi connectivity index (χ0n) is 17.7. The number of nitrogens with zero attached hydrogens (tertiary/aromatic N) is 1. The summed E-state index contributed by atoms with van der Waals surface area (Å²) >= 11 is 0. The lowest BCUT2D eigenvalue weighted by Gasteiger charge is -2.24. The number of ether oxygens (including phenoxy) is 3. The highest BCUT2D eigenvalue weighted by atomic mass is 16.6. The molecule has 30 heavy (non-hydrogen) atoms. The average molecular weight is 408 g/mol. The lowest BCUT2D eigenvalue weighted by Crippen LogP contribution is -2.39. The van der Waals surface area contributed by atoms with Crippen LogP contribution in [0.1, 0.15) is 31.2 Å². The Balaban J connectivity index is 1.55. The van der Waals surface area contributed by atoms with E-state index >= 15 is 0 Å². The quantitative estimate of drug-likeness (QED) is 0.497. The maximum absolute atomic E-state index is 13.3. The van der Waals surface area contributed by atoms with E-state index in [1.54, 1.807) is 7.11 Å². The largest absolute Gasteiger partial charge is 0.497 e. The third kappa shape index (κ3) is 4.68. The number of methoxy groups -OCH3 is 1. The molecular weight excluding hydrogens is 378 g/mol. The summed E-state index contributed by atoms with van der Waals surface area (Å²) in [4.78, 5) is 15.5. The first kappa shape index (κ1) is 20.5. The molecule has 1 heterocycles. The number of benzene rings is 2. The van der Waals surface area contributed by atoms with Crippen molar-refractivity contribution in [2.24, 2.45) is 5.92 Å². The second-order valence-corrected chi connectivity index (χ2v) is 8.06. The number of esters is 1. The van der Waals surface area contributed by atoms with E-state index in [1.165, 1.54) is 5.57 Å². The second-order valence-electron chi connectivity index (χ2n) is 8.06. The van der Waals surface area contributed by atoms with Crippen molar-refractivity contribution in [1.29, 1.82) is 0 Å². The van der Waals surface area contributed by atoms with Crippen LogP contribution in [0, 0.1) is 5.92 Å². The Hall–Kier alpha value is -2.79. The van der Waals surface area contributed by atoms with Crippen LogP contribution in [0.2, 0.25) is 0 Å². The monoisotopic (exact) mass is 407 g/mol. The highest BCUT2D eigenvalue weighted by molar-refractivity contribution is 5.81. The van der Waals surface area contributed by atoms with Gasteiger partial charge in [0.1, 0.15) is 17.2 Å². The predicted molar refractivity (Wildman–Crippen MR) is 117 cm³/mol. The number of rotatable bonds is 7. The highest BCUT2D eigenvalue weighted by Gasteiger charge is 2.36. The molecule has 0 spiro atoms. The molecule has 158 valence electrons. The van der Waals surface area contributed by atoms with Gasteiger partial charge in [-0.3, -0.25) is 0 Å². The van der Waals surface area contributed by atoms with E-state index in [0.717, 1.165) is 50.1 Å². The van der Waals surface area contributed by atoms with Gasteiger partial charge in [0, 0.05) is 18.0 Å². The summed E-state index contributed by atoms with van der Waals surface area (Å²) in [5.41, 5.74) is 2.27. The van der Waals surface area contributed by atoms with Crippen LogP contribution in [0.25, 0.3) is 5.57 Å². The zero-order chi connectivity index (χ0) is 20.9. The number of hydrogen-bond donors (Lipinski definition) is 0. The molecule has 0 N–H and O–H groups in total. The van der Waals surface area contributed by atoms with Crippen LogP contribution in [0.15, 0.2) is 54.6 Å². The van der Waals surface area contributed by atoms with E-state index in [4.69, 9.17) is 14.2 Å². The summed E-state index contributed by atoms with van der Waals surface area (Å²) in [5.74, 6) is 1.75. The summed E-state index contributed by atoms with van der Waals surface area (Å²) in [7, 11) is 3.69. The lowest BCUT2D eigenvalue weighted by molar-refractivity contribution is -0.144. The number of hydrogen-bond acceptors (Lipinski definition) is 5. The summed E-state index contributed by atoms with van der Waals surface area (Å²) in [5, 5.41) is 0. The smallest absolute Gasteiger partial charge is 0.353 e. The highest BCUT2D eigenvalue weighted by Crippen LogP contribution is 2.34. The number of para-hydroxylation sites is 1. The molecule has 1 aliphatic carbocycles. The summed E-state index contributed by atoms with van der Waals surface area (Å²) in [6, 6.07) is 15.1. The van der Waals surface area contributed by atoms with Crippen molar-refractivity contribution in [2.45, 2.75) is 31.8 Å². The van der Waals surface area contributed by atoms with Crippen LogP contribution >= 0.6 is 0 Å². The molecule has 2 unspecified atom stereocenters. The summed E-state index contributed by atoms with van der Waals surface area (Å²) in [6.45, 7) is 1.76. The maximum atomic E-state index is 13.3. The van der Waals surface area contributed by atoms with E-state index in [0.29, 0.717) is 11.5 Å². The summed E-state index contributed by atoms with van der Waals surface area (Å²) < 4.78 is 17.3. The first-order valence-corrected chi connectivity index (χ1v) is 10.6. The molecule has 2 atom stereocenters. The van der Waals surface area contributed by atoms with Gasteiger partial charge in [-0.05, 0) is 75.2 Å². The van der Waals surface area contributed by atoms with Gasteiger partial charge < -0.3 is 19.1 Å². The third-order valence-electron chi connectivity index (χ3n) is 5.90. The lowest BCUT2D eigenvalue weighted by atomic mass is 10.0. The molecule has 2 aliphatic rings. The molecule has 0 aromatic heterocycles. The van der Waals surface area contributed by atoms with Crippen LogP contribution in [-0.2, 0) is 4.79 Å². The van der Waals surface area contributed by atoms with Crippen LogP contribution in [0.5, 0.6) is 17.2 Å². The van der Waals surface area contributed by atoms with Crippen molar-refractivity contribution in [3.8, 4) is 17.2 Å². The van der Waals surface area contributed by atoms with Crippen molar-refractivity contribution < 1.29 is 19.0 Å². The van der Waals surface area contributed by atoms with Gasteiger partial charge in [0.05, 0.1) is 7.11 Å². The van der Waals surface area contributed by atoms with Gasteiger partial charge in [-0.2, -0.15) is 0 Å². The number of carbonyl (C=O) groups is 1. The molecule has 1 saturated heterocycles. The van der Waals surface area contributed by atoms with E-state index in [2.05, 4.69) is 18.0 Å². The average Bonchev–Trinajstić information content (AvgIpc) is 3.45. The van der Waals surface area contributed by atoms with Crippen molar-refractivity contribution >= 4 is 11.5 Å². The second kappa shape index (κ2) is 9.35. The maximum Gasteiger partial charge on any atom is 0.353 e. The molecule has 4 rings (SSSR count). The van der Waals surface area contributed by atoms with E-state index in [9.17, 15) is 4.79 Å². The first-order valence-electron chi connectivity index (χ1n) is 10.6. The minimum Gasteiger partial charge on any atom is -0.497 e. The van der Waals surface area contributed by atoms with Gasteiger partial charge in [0.15, 0.2) is 6.10 Å². The molecule has 2 aromatic carbocycles. The standard InChI is InChI=1S/C25H29NO4/c1-26-16-15-19(17-26)24(29-21-13-11-20(28-2)12-14-21)25(27)30-23-10-6-5-9-22(23)18-7-3-4-8-18/h5-7,9-14,19,24H,3-4,8,15-17H2,1-2H3. The van der Waals surface area contributed by atoms with Crippen LogP contribution in [0.4, 0.5) is 0 Å². The zero-order valence-corrected chi connectivity index (χ0v) is 17.7. The van der Waals surface area contributed by atoms with Crippen LogP contribution < -0.4 is 14.2 Å². The fourth-order valence-electron chi connectivity index (χ4n) is 4.26. The third-order valence-corrected chi connectivity index (χ3v) is 5.90. The van der Waals surface area contributed by atoms with Gasteiger partial charge in [-0.1, -0.05) is 24.3 Å². The van der Waals surface area contributed by atoms with Gasteiger partial charge in [0.2, 0.25) is 0 Å². The molecule has 5 nitrogen and oxygen atoms in total. The Morgan fingerprint density at radius 3 is 2.53 bits per heavy atom. The van der Waals surface area contributed by atoms with Crippen molar-refractivity contribution in [3.63, 3.8) is 0 Å².